The molecule has 0 spiro atoms. The van der Waals surface area contributed by atoms with Gasteiger partial charge in [-0.15, -0.1) is 11.3 Å². The normalized spacial score (nSPS) is 10.1. The highest BCUT2D eigenvalue weighted by molar-refractivity contribution is 7.13. The number of thiazole rings is 1. The van der Waals surface area contributed by atoms with E-state index in [1.807, 2.05) is 29.6 Å². The van der Waals surface area contributed by atoms with Crippen molar-refractivity contribution < 1.29 is 9.53 Å². The van der Waals surface area contributed by atoms with Gasteiger partial charge in [-0.25, -0.2) is 4.98 Å². The summed E-state index contributed by atoms with van der Waals surface area (Å²) in [7, 11) is 1.65. The summed E-state index contributed by atoms with van der Waals surface area (Å²) in [5.41, 5.74) is 1.09. The van der Waals surface area contributed by atoms with Crippen molar-refractivity contribution in [3.63, 3.8) is 0 Å². The average Bonchev–Trinajstić information content (AvgIpc) is 2.99. The van der Waals surface area contributed by atoms with Crippen molar-refractivity contribution in [3.8, 4) is 5.75 Å². The predicted molar refractivity (Wildman–Crippen MR) is 80.3 cm³/mol. The van der Waals surface area contributed by atoms with Gasteiger partial charge in [-0.3, -0.25) is 4.79 Å². The number of hydrogen-bond donors (Lipinski definition) is 2. The van der Waals surface area contributed by atoms with E-state index < -0.39 is 0 Å². The van der Waals surface area contributed by atoms with Crippen LogP contribution in [0.3, 0.4) is 0 Å². The maximum atomic E-state index is 11.7. The fourth-order valence-corrected chi connectivity index (χ4v) is 2.30. The van der Waals surface area contributed by atoms with Crippen molar-refractivity contribution >= 4 is 22.4 Å². The minimum Gasteiger partial charge on any atom is -0.496 e. The number of rotatable bonds is 7. The summed E-state index contributed by atoms with van der Waals surface area (Å²) >= 11 is 1.47. The highest BCUT2D eigenvalue weighted by Crippen LogP contribution is 2.17. The number of nitrogens with one attached hydrogen (secondary N) is 2. The van der Waals surface area contributed by atoms with Crippen molar-refractivity contribution in [1.29, 1.82) is 0 Å². The molecular formula is C14H17N3O2S. The van der Waals surface area contributed by atoms with E-state index in [1.165, 1.54) is 11.3 Å². The highest BCUT2D eigenvalue weighted by Gasteiger charge is 2.04. The number of carbonyl (C=O) groups excluding carboxylic acids is 1. The Labute approximate surface area is 122 Å². The Kier molecular flexibility index (Phi) is 5.37. The van der Waals surface area contributed by atoms with Gasteiger partial charge in [-0.1, -0.05) is 18.2 Å². The zero-order valence-electron chi connectivity index (χ0n) is 11.3. The zero-order valence-corrected chi connectivity index (χ0v) is 12.1. The summed E-state index contributed by atoms with van der Waals surface area (Å²) < 4.78 is 5.27. The van der Waals surface area contributed by atoms with Crippen LogP contribution in [0.1, 0.15) is 5.56 Å². The van der Waals surface area contributed by atoms with Gasteiger partial charge in [0.15, 0.2) is 5.13 Å². The summed E-state index contributed by atoms with van der Waals surface area (Å²) in [5.74, 6) is 0.803. The molecule has 0 unspecified atom stereocenters. The number of methoxy groups -OCH3 is 1. The fraction of sp³-hybridized carbons (Fsp3) is 0.286. The number of para-hydroxylation sites is 1. The number of aromatic nitrogens is 1. The molecule has 0 atom stereocenters. The number of carbonyl (C=O) groups is 1. The number of nitrogens with zero attached hydrogens (tertiary/aromatic N) is 1. The molecule has 0 aliphatic carbocycles. The molecule has 0 bridgehead atoms. The van der Waals surface area contributed by atoms with Crippen molar-refractivity contribution in [2.75, 3.05) is 25.5 Å². The van der Waals surface area contributed by atoms with Crippen LogP contribution < -0.4 is 15.4 Å². The van der Waals surface area contributed by atoms with Crippen LogP contribution in [-0.4, -0.2) is 31.1 Å². The highest BCUT2D eigenvalue weighted by atomic mass is 32.1. The average molecular weight is 291 g/mol. The van der Waals surface area contributed by atoms with E-state index in [1.54, 1.807) is 13.3 Å². The smallest absolute Gasteiger partial charge is 0.239 e. The Balaban J connectivity index is 1.71. The number of ether oxygens (including phenoxy) is 1. The number of benzene rings is 1. The van der Waals surface area contributed by atoms with Gasteiger partial charge in [0, 0.05) is 18.1 Å². The second-order valence-corrected chi connectivity index (χ2v) is 5.00. The largest absolute Gasteiger partial charge is 0.496 e. The summed E-state index contributed by atoms with van der Waals surface area (Å²) in [6.07, 6.45) is 2.44. The quantitative estimate of drug-likeness (QED) is 0.818. The molecule has 0 aliphatic rings. The van der Waals surface area contributed by atoms with E-state index in [2.05, 4.69) is 15.6 Å². The third-order valence-corrected chi connectivity index (χ3v) is 3.47. The second-order valence-electron chi connectivity index (χ2n) is 4.10. The maximum absolute atomic E-state index is 11.7. The fourth-order valence-electron chi connectivity index (χ4n) is 1.78. The minimum atomic E-state index is -0.0462. The maximum Gasteiger partial charge on any atom is 0.239 e. The van der Waals surface area contributed by atoms with Crippen molar-refractivity contribution in [2.24, 2.45) is 0 Å². The van der Waals surface area contributed by atoms with Crippen LogP contribution in [0.4, 0.5) is 5.13 Å². The molecule has 0 saturated heterocycles. The first kappa shape index (κ1) is 14.3. The second kappa shape index (κ2) is 7.49. The Morgan fingerprint density at radius 2 is 2.25 bits per heavy atom. The molecule has 1 aromatic carbocycles. The molecule has 1 heterocycles. The van der Waals surface area contributed by atoms with Crippen molar-refractivity contribution in [2.45, 2.75) is 6.42 Å². The van der Waals surface area contributed by atoms with E-state index in [-0.39, 0.29) is 12.5 Å². The monoisotopic (exact) mass is 291 g/mol. The summed E-state index contributed by atoms with van der Waals surface area (Å²) in [5, 5.41) is 8.45. The Morgan fingerprint density at radius 3 is 3.00 bits per heavy atom. The predicted octanol–water partition coefficient (Wildman–Crippen LogP) is 1.92. The van der Waals surface area contributed by atoms with Crippen LogP contribution in [0, 0.1) is 0 Å². The van der Waals surface area contributed by atoms with Gasteiger partial charge in [-0.05, 0) is 18.1 Å². The Hall–Kier alpha value is -2.08. The molecule has 1 aromatic heterocycles. The molecule has 5 nitrogen and oxygen atoms in total. The van der Waals surface area contributed by atoms with Crippen molar-refractivity contribution in [1.82, 2.24) is 10.3 Å². The van der Waals surface area contributed by atoms with E-state index in [9.17, 15) is 4.79 Å². The molecule has 1 amide bonds. The molecule has 0 aliphatic heterocycles. The molecule has 0 saturated carbocycles. The van der Waals surface area contributed by atoms with Gasteiger partial charge in [-0.2, -0.15) is 0 Å². The summed E-state index contributed by atoms with van der Waals surface area (Å²) in [6.45, 7) is 0.818. The summed E-state index contributed by atoms with van der Waals surface area (Å²) in [6, 6.07) is 7.81. The van der Waals surface area contributed by atoms with Crippen LogP contribution >= 0.6 is 11.3 Å². The van der Waals surface area contributed by atoms with Crippen LogP contribution in [0.25, 0.3) is 0 Å². The van der Waals surface area contributed by atoms with Gasteiger partial charge in [0.1, 0.15) is 5.75 Å². The first-order valence-electron chi connectivity index (χ1n) is 6.31. The van der Waals surface area contributed by atoms with Crippen LogP contribution in [0.5, 0.6) is 5.75 Å². The van der Waals surface area contributed by atoms with Crippen LogP contribution in [0.2, 0.25) is 0 Å². The van der Waals surface area contributed by atoms with E-state index in [0.29, 0.717) is 6.54 Å². The van der Waals surface area contributed by atoms with Gasteiger partial charge in [0.2, 0.25) is 5.91 Å². The third-order valence-electron chi connectivity index (χ3n) is 2.74. The molecule has 106 valence electrons. The van der Waals surface area contributed by atoms with Crippen LogP contribution in [-0.2, 0) is 11.2 Å². The molecule has 2 aromatic rings. The first-order chi connectivity index (χ1) is 9.79. The molecule has 2 rings (SSSR count). The van der Waals surface area contributed by atoms with Gasteiger partial charge < -0.3 is 15.4 Å². The van der Waals surface area contributed by atoms with Gasteiger partial charge in [0.25, 0.3) is 0 Å². The Morgan fingerprint density at radius 1 is 1.40 bits per heavy atom. The number of amides is 1. The molecule has 2 N–H and O–H groups in total. The standard InChI is InChI=1S/C14H17N3O2S/c1-19-12-5-3-2-4-11(12)6-7-15-13(18)10-17-14-16-8-9-20-14/h2-5,8-9H,6-7,10H2,1H3,(H,15,18)(H,16,17). The topological polar surface area (TPSA) is 63.2 Å². The first-order valence-corrected chi connectivity index (χ1v) is 7.19. The van der Waals surface area contributed by atoms with Crippen molar-refractivity contribution in [3.05, 3.63) is 41.4 Å². The lowest BCUT2D eigenvalue weighted by atomic mass is 10.1. The Bertz CT molecular complexity index is 543. The molecule has 0 fully saturated rings. The molecule has 20 heavy (non-hydrogen) atoms. The molecule has 0 radical (unpaired) electrons. The lowest BCUT2D eigenvalue weighted by molar-refractivity contribution is -0.119. The minimum absolute atomic E-state index is 0.0462. The molecular weight excluding hydrogens is 274 g/mol. The number of hydrogen-bond acceptors (Lipinski definition) is 5. The summed E-state index contributed by atoms with van der Waals surface area (Å²) in [4.78, 5) is 15.7. The van der Waals surface area contributed by atoms with E-state index >= 15 is 0 Å². The van der Waals surface area contributed by atoms with Gasteiger partial charge in [0.05, 0.1) is 13.7 Å². The van der Waals surface area contributed by atoms with Gasteiger partial charge >= 0.3 is 0 Å². The SMILES string of the molecule is COc1ccccc1CCNC(=O)CNc1nccs1. The van der Waals surface area contributed by atoms with E-state index in [4.69, 9.17) is 4.74 Å². The van der Waals surface area contributed by atoms with E-state index in [0.717, 1.165) is 22.9 Å². The van der Waals surface area contributed by atoms with Crippen LogP contribution in [0.15, 0.2) is 35.8 Å². The lowest BCUT2D eigenvalue weighted by Gasteiger charge is -2.09. The third kappa shape index (κ3) is 4.24. The molecule has 6 heteroatoms. The number of anilines is 1. The lowest BCUT2D eigenvalue weighted by Crippen LogP contribution is -2.31. The zero-order chi connectivity index (χ0) is 14.2.